The van der Waals surface area contributed by atoms with Gasteiger partial charge in [0.2, 0.25) is 0 Å². The van der Waals surface area contributed by atoms with Crippen LogP contribution in [0, 0.1) is 0 Å². The number of carboxylic acid groups (broad SMARTS) is 1. The van der Waals surface area contributed by atoms with Crippen LogP contribution in [0.25, 0.3) is 11.1 Å². The topological polar surface area (TPSA) is 79.4 Å². The van der Waals surface area contributed by atoms with Crippen LogP contribution < -0.4 is 10.3 Å². The highest BCUT2D eigenvalue weighted by atomic mass is 35.5. The van der Waals surface area contributed by atoms with E-state index in [9.17, 15) is 9.59 Å². The van der Waals surface area contributed by atoms with Gasteiger partial charge in [-0.3, -0.25) is 4.79 Å². The number of hydrogen-bond donors (Lipinski definition) is 2. The molecule has 5 nitrogen and oxygen atoms in total. The van der Waals surface area contributed by atoms with Crippen molar-refractivity contribution in [3.8, 4) is 16.9 Å². The number of aromatic carboxylic acids is 1. The first-order valence-corrected chi connectivity index (χ1v) is 7.85. The molecule has 0 radical (unpaired) electrons. The van der Waals surface area contributed by atoms with E-state index >= 15 is 0 Å². The lowest BCUT2D eigenvalue weighted by molar-refractivity contribution is 0.0696. The molecule has 0 saturated heterocycles. The highest BCUT2D eigenvalue weighted by Crippen LogP contribution is 2.30. The first kappa shape index (κ1) is 16.8. The van der Waals surface area contributed by atoms with Crippen LogP contribution in [0.4, 0.5) is 0 Å². The second kappa shape index (κ2) is 7.23. The van der Waals surface area contributed by atoms with Crippen molar-refractivity contribution in [2.45, 2.75) is 6.61 Å². The zero-order chi connectivity index (χ0) is 17.8. The second-order valence-electron chi connectivity index (χ2n) is 5.36. The zero-order valence-electron chi connectivity index (χ0n) is 13.0. The number of aromatic amines is 1. The molecule has 0 unspecified atom stereocenters. The van der Waals surface area contributed by atoms with Crippen molar-refractivity contribution in [2.24, 2.45) is 0 Å². The summed E-state index contributed by atoms with van der Waals surface area (Å²) in [6.07, 6.45) is 1.16. The van der Waals surface area contributed by atoms with E-state index in [2.05, 4.69) is 4.98 Å². The van der Waals surface area contributed by atoms with Gasteiger partial charge in [-0.1, -0.05) is 48.0 Å². The molecule has 0 fully saturated rings. The number of hydrogen-bond acceptors (Lipinski definition) is 3. The van der Waals surface area contributed by atoms with Crippen LogP contribution in [0.2, 0.25) is 5.02 Å². The molecule has 25 heavy (non-hydrogen) atoms. The Hall–Kier alpha value is -3.05. The lowest BCUT2D eigenvalue weighted by Crippen LogP contribution is -2.11. The number of H-pyrrole nitrogens is 1. The summed E-state index contributed by atoms with van der Waals surface area (Å²) in [5, 5.41) is 9.50. The summed E-state index contributed by atoms with van der Waals surface area (Å²) in [6, 6.07) is 15.8. The highest BCUT2D eigenvalue weighted by molar-refractivity contribution is 6.32. The fraction of sp³-hybridized carbons (Fsp3) is 0.0526. The van der Waals surface area contributed by atoms with E-state index in [1.807, 2.05) is 30.3 Å². The van der Waals surface area contributed by atoms with E-state index in [0.717, 1.165) is 11.8 Å². The third kappa shape index (κ3) is 3.89. The predicted molar refractivity (Wildman–Crippen MR) is 95.2 cm³/mol. The molecular formula is C19H14ClNO4. The third-order valence-corrected chi connectivity index (χ3v) is 3.94. The summed E-state index contributed by atoms with van der Waals surface area (Å²) in [7, 11) is 0. The fourth-order valence-electron chi connectivity index (χ4n) is 2.34. The molecule has 0 saturated carbocycles. The molecule has 3 rings (SSSR count). The number of nitrogens with one attached hydrogen (secondary N) is 1. The van der Waals surface area contributed by atoms with Crippen molar-refractivity contribution in [3.63, 3.8) is 0 Å². The maximum Gasteiger partial charge on any atom is 0.337 e. The number of carbonyl (C=O) groups is 1. The molecule has 0 aliphatic heterocycles. The quantitative estimate of drug-likeness (QED) is 0.725. The van der Waals surface area contributed by atoms with Crippen molar-refractivity contribution < 1.29 is 14.6 Å². The largest absolute Gasteiger partial charge is 0.487 e. The maximum atomic E-state index is 12.0. The SMILES string of the molecule is O=C(O)c1c[nH]c(=O)c(-c2ccc(Cl)c(OCc3ccccc3)c2)c1. The fourth-order valence-corrected chi connectivity index (χ4v) is 2.51. The highest BCUT2D eigenvalue weighted by Gasteiger charge is 2.12. The number of aromatic nitrogens is 1. The molecule has 0 bridgehead atoms. The Bertz CT molecular complexity index is 967. The van der Waals surface area contributed by atoms with Gasteiger partial charge >= 0.3 is 5.97 Å². The first-order valence-electron chi connectivity index (χ1n) is 7.47. The minimum atomic E-state index is -1.12. The van der Waals surface area contributed by atoms with Gasteiger partial charge in [0.25, 0.3) is 5.56 Å². The van der Waals surface area contributed by atoms with Crippen molar-refractivity contribution in [1.29, 1.82) is 0 Å². The van der Waals surface area contributed by atoms with Gasteiger partial charge < -0.3 is 14.8 Å². The molecule has 0 amide bonds. The number of rotatable bonds is 5. The van der Waals surface area contributed by atoms with Crippen LogP contribution in [-0.4, -0.2) is 16.1 Å². The average molecular weight is 356 g/mol. The van der Waals surface area contributed by atoms with Crippen LogP contribution in [0.1, 0.15) is 15.9 Å². The van der Waals surface area contributed by atoms with Crippen LogP contribution in [0.3, 0.4) is 0 Å². The lowest BCUT2D eigenvalue weighted by Gasteiger charge is -2.10. The second-order valence-corrected chi connectivity index (χ2v) is 5.76. The molecule has 2 aromatic carbocycles. The Labute approximate surface area is 148 Å². The van der Waals surface area contributed by atoms with Gasteiger partial charge in [0.1, 0.15) is 12.4 Å². The zero-order valence-corrected chi connectivity index (χ0v) is 13.8. The maximum absolute atomic E-state index is 12.0. The van der Waals surface area contributed by atoms with Gasteiger partial charge in [-0.25, -0.2) is 4.79 Å². The smallest absolute Gasteiger partial charge is 0.337 e. The predicted octanol–water partition coefficient (Wildman–Crippen LogP) is 3.97. The average Bonchev–Trinajstić information content (AvgIpc) is 2.62. The van der Waals surface area contributed by atoms with E-state index in [-0.39, 0.29) is 16.7 Å². The summed E-state index contributed by atoms with van der Waals surface area (Å²) in [5.41, 5.74) is 1.35. The summed E-state index contributed by atoms with van der Waals surface area (Å²) < 4.78 is 5.74. The minimum Gasteiger partial charge on any atom is -0.487 e. The Morgan fingerprint density at radius 2 is 1.88 bits per heavy atom. The number of pyridine rings is 1. The molecule has 1 aromatic heterocycles. The van der Waals surface area contributed by atoms with Crippen molar-refractivity contribution in [2.75, 3.05) is 0 Å². The molecule has 3 aromatic rings. The number of carboxylic acids is 1. The monoisotopic (exact) mass is 355 g/mol. The standard InChI is InChI=1S/C19H14ClNO4/c20-16-7-6-13(15-8-14(19(23)24)10-21-18(15)22)9-17(16)25-11-12-4-2-1-3-5-12/h1-10H,11H2,(H,21,22)(H,23,24). The van der Waals surface area contributed by atoms with E-state index in [1.165, 1.54) is 6.07 Å². The molecule has 2 N–H and O–H groups in total. The van der Waals surface area contributed by atoms with Crippen LogP contribution in [-0.2, 0) is 6.61 Å². The minimum absolute atomic E-state index is 0.00342. The van der Waals surface area contributed by atoms with E-state index in [4.69, 9.17) is 21.4 Å². The van der Waals surface area contributed by atoms with Gasteiger partial charge in [-0.05, 0) is 29.3 Å². The van der Waals surface area contributed by atoms with Gasteiger partial charge in [0.15, 0.2) is 0 Å². The molecular weight excluding hydrogens is 342 g/mol. The van der Waals surface area contributed by atoms with Crippen molar-refractivity contribution in [1.82, 2.24) is 4.98 Å². The van der Waals surface area contributed by atoms with Crippen molar-refractivity contribution >= 4 is 17.6 Å². The van der Waals surface area contributed by atoms with Crippen molar-refractivity contribution in [3.05, 3.63) is 87.3 Å². The third-order valence-electron chi connectivity index (χ3n) is 3.63. The van der Waals surface area contributed by atoms with Gasteiger partial charge in [-0.15, -0.1) is 0 Å². The molecule has 1 heterocycles. The summed E-state index contributed by atoms with van der Waals surface area (Å²) in [6.45, 7) is 0.329. The summed E-state index contributed by atoms with van der Waals surface area (Å²) in [4.78, 5) is 25.6. The Morgan fingerprint density at radius 1 is 1.12 bits per heavy atom. The Morgan fingerprint density at radius 3 is 2.60 bits per heavy atom. The normalized spacial score (nSPS) is 10.4. The number of halogens is 1. The van der Waals surface area contributed by atoms with Crippen LogP contribution >= 0.6 is 11.6 Å². The van der Waals surface area contributed by atoms with E-state index in [1.54, 1.807) is 18.2 Å². The number of ether oxygens (including phenoxy) is 1. The molecule has 0 spiro atoms. The molecule has 0 atom stereocenters. The van der Waals surface area contributed by atoms with Crippen LogP contribution in [0.5, 0.6) is 5.75 Å². The first-order chi connectivity index (χ1) is 12.0. The van der Waals surface area contributed by atoms with Gasteiger partial charge in [-0.2, -0.15) is 0 Å². The molecule has 126 valence electrons. The molecule has 0 aliphatic carbocycles. The molecule has 0 aliphatic rings. The summed E-state index contributed by atoms with van der Waals surface area (Å²) in [5.74, 6) is -0.699. The lowest BCUT2D eigenvalue weighted by atomic mass is 10.1. The van der Waals surface area contributed by atoms with Crippen LogP contribution in [0.15, 0.2) is 65.6 Å². The Kier molecular flexibility index (Phi) is 4.86. The van der Waals surface area contributed by atoms with Gasteiger partial charge in [0.05, 0.1) is 10.6 Å². The number of benzene rings is 2. The molecule has 6 heteroatoms. The Balaban J connectivity index is 1.93. The summed E-state index contributed by atoms with van der Waals surface area (Å²) >= 11 is 6.17. The van der Waals surface area contributed by atoms with E-state index in [0.29, 0.717) is 22.9 Å². The van der Waals surface area contributed by atoms with E-state index < -0.39 is 5.97 Å². The van der Waals surface area contributed by atoms with Gasteiger partial charge in [0, 0.05) is 11.8 Å².